The Morgan fingerprint density at radius 3 is 2.86 bits per heavy atom. The summed E-state index contributed by atoms with van der Waals surface area (Å²) < 4.78 is 0. The van der Waals surface area contributed by atoms with Crippen molar-refractivity contribution in [3.63, 3.8) is 0 Å². The van der Waals surface area contributed by atoms with Gasteiger partial charge in [-0.2, -0.15) is 0 Å². The third kappa shape index (κ3) is 3.55. The van der Waals surface area contributed by atoms with Crippen molar-refractivity contribution in [2.24, 2.45) is 0 Å². The first kappa shape index (κ1) is 11.3. The van der Waals surface area contributed by atoms with E-state index in [4.69, 9.17) is 5.11 Å². The third-order valence-electron chi connectivity index (χ3n) is 1.34. The maximum atomic E-state index is 10.3. The fraction of sp³-hybridized carbons (Fsp3) is 0.375. The van der Waals surface area contributed by atoms with Crippen LogP contribution >= 0.6 is 23.5 Å². The van der Waals surface area contributed by atoms with Gasteiger partial charge in [-0.1, -0.05) is 23.5 Å². The molecule has 0 aliphatic heterocycles. The van der Waals surface area contributed by atoms with Gasteiger partial charge in [0.05, 0.1) is 5.75 Å². The van der Waals surface area contributed by atoms with Gasteiger partial charge in [0, 0.05) is 5.69 Å². The highest BCUT2D eigenvalue weighted by Crippen LogP contribution is 2.19. The summed E-state index contributed by atoms with van der Waals surface area (Å²) in [5, 5.41) is 9.89. The van der Waals surface area contributed by atoms with Gasteiger partial charge in [0.15, 0.2) is 5.16 Å². The first-order valence-electron chi connectivity index (χ1n) is 3.86. The van der Waals surface area contributed by atoms with Crippen molar-refractivity contribution in [2.45, 2.75) is 17.1 Å². The van der Waals surface area contributed by atoms with Gasteiger partial charge in [-0.25, -0.2) is 9.97 Å². The minimum absolute atomic E-state index is 0.0320. The lowest BCUT2D eigenvalue weighted by Crippen LogP contribution is -1.99. The van der Waals surface area contributed by atoms with E-state index in [0.29, 0.717) is 10.2 Å². The lowest BCUT2D eigenvalue weighted by atomic mass is 10.5. The largest absolute Gasteiger partial charge is 0.481 e. The number of nitrogens with zero attached hydrogens (tertiary/aromatic N) is 2. The molecule has 1 heterocycles. The van der Waals surface area contributed by atoms with Gasteiger partial charge in [0.25, 0.3) is 0 Å². The van der Waals surface area contributed by atoms with Crippen LogP contribution in [0.5, 0.6) is 0 Å². The van der Waals surface area contributed by atoms with Gasteiger partial charge in [0.2, 0.25) is 0 Å². The van der Waals surface area contributed by atoms with Crippen LogP contribution in [-0.2, 0) is 4.79 Å². The Bertz CT molecular complexity index is 344. The lowest BCUT2D eigenvalue weighted by Gasteiger charge is -2.01. The molecule has 6 heteroatoms. The molecule has 0 bridgehead atoms. The van der Waals surface area contributed by atoms with E-state index in [1.165, 1.54) is 23.5 Å². The van der Waals surface area contributed by atoms with Crippen LogP contribution in [0.4, 0.5) is 0 Å². The van der Waals surface area contributed by atoms with Gasteiger partial charge in [-0.15, -0.1) is 0 Å². The summed E-state index contributed by atoms with van der Waals surface area (Å²) in [6, 6.07) is 1.79. The first-order chi connectivity index (χ1) is 6.61. The minimum atomic E-state index is -0.836. The molecule has 1 aromatic heterocycles. The van der Waals surface area contributed by atoms with Gasteiger partial charge in [-0.05, 0) is 19.2 Å². The van der Waals surface area contributed by atoms with Crippen molar-refractivity contribution in [1.82, 2.24) is 9.97 Å². The summed E-state index contributed by atoms with van der Waals surface area (Å²) in [7, 11) is 0. The number of carboxylic acids is 1. The molecule has 0 spiro atoms. The summed E-state index contributed by atoms with van der Waals surface area (Å²) in [5.74, 6) is -0.804. The Balaban J connectivity index is 2.76. The minimum Gasteiger partial charge on any atom is -0.481 e. The van der Waals surface area contributed by atoms with E-state index in [9.17, 15) is 4.79 Å². The highest BCUT2D eigenvalue weighted by molar-refractivity contribution is 8.00. The quantitative estimate of drug-likeness (QED) is 0.482. The van der Waals surface area contributed by atoms with Crippen molar-refractivity contribution in [3.05, 3.63) is 11.8 Å². The molecule has 1 rings (SSSR count). The number of aryl methyl sites for hydroxylation is 1. The third-order valence-corrected chi connectivity index (χ3v) is 2.78. The highest BCUT2D eigenvalue weighted by Gasteiger charge is 2.04. The second-order valence-corrected chi connectivity index (χ2v) is 4.29. The maximum Gasteiger partial charge on any atom is 0.313 e. The molecule has 0 atom stereocenters. The molecular weight excluding hydrogens is 220 g/mol. The van der Waals surface area contributed by atoms with Crippen LogP contribution in [0.1, 0.15) is 5.69 Å². The summed E-state index contributed by atoms with van der Waals surface area (Å²) >= 11 is 2.66. The number of hydrogen-bond donors (Lipinski definition) is 1. The van der Waals surface area contributed by atoms with Gasteiger partial charge in [-0.3, -0.25) is 4.79 Å². The molecule has 76 valence electrons. The highest BCUT2D eigenvalue weighted by atomic mass is 32.2. The fourth-order valence-corrected chi connectivity index (χ4v) is 1.97. The Morgan fingerprint density at radius 2 is 2.29 bits per heavy atom. The number of aliphatic carboxylic acids is 1. The van der Waals surface area contributed by atoms with E-state index >= 15 is 0 Å². The van der Waals surface area contributed by atoms with Crippen molar-refractivity contribution in [1.29, 1.82) is 0 Å². The predicted molar refractivity (Wildman–Crippen MR) is 56.9 cm³/mol. The first-order valence-corrected chi connectivity index (χ1v) is 6.07. The van der Waals surface area contributed by atoms with Gasteiger partial charge >= 0.3 is 5.97 Å². The number of thioether (sulfide) groups is 2. The Morgan fingerprint density at radius 1 is 1.57 bits per heavy atom. The molecule has 14 heavy (non-hydrogen) atoms. The monoisotopic (exact) mass is 230 g/mol. The molecular formula is C8H10N2O2S2. The molecule has 1 N–H and O–H groups in total. The van der Waals surface area contributed by atoms with Crippen LogP contribution in [-0.4, -0.2) is 33.1 Å². The smallest absolute Gasteiger partial charge is 0.313 e. The van der Waals surface area contributed by atoms with Crippen LogP contribution in [0.3, 0.4) is 0 Å². The molecule has 1 aromatic rings. The normalized spacial score (nSPS) is 10.1. The molecule has 0 radical (unpaired) electrons. The zero-order chi connectivity index (χ0) is 10.6. The van der Waals surface area contributed by atoms with E-state index in [2.05, 4.69) is 9.97 Å². The molecule has 4 nitrogen and oxygen atoms in total. The average molecular weight is 230 g/mol. The number of aromatic nitrogens is 2. The molecule has 0 aromatic carbocycles. The zero-order valence-electron chi connectivity index (χ0n) is 7.85. The number of rotatable bonds is 4. The maximum absolute atomic E-state index is 10.3. The van der Waals surface area contributed by atoms with Gasteiger partial charge < -0.3 is 5.11 Å². The topological polar surface area (TPSA) is 63.1 Å². The van der Waals surface area contributed by atoms with Crippen LogP contribution < -0.4 is 0 Å². The van der Waals surface area contributed by atoms with Crippen molar-refractivity contribution >= 4 is 29.5 Å². The molecule has 0 aliphatic carbocycles. The Labute approximate surface area is 90.5 Å². The fourth-order valence-electron chi connectivity index (χ4n) is 0.814. The average Bonchev–Trinajstić information content (AvgIpc) is 2.14. The Hall–Kier alpha value is -0.750. The van der Waals surface area contributed by atoms with E-state index in [1.807, 2.05) is 13.2 Å². The SMILES string of the molecule is CSc1nc(C)cc(SCC(=O)O)n1. The molecule has 0 unspecified atom stereocenters. The van der Waals surface area contributed by atoms with Gasteiger partial charge in [0.1, 0.15) is 5.03 Å². The van der Waals surface area contributed by atoms with Crippen LogP contribution in [0.15, 0.2) is 16.2 Å². The second kappa shape index (κ2) is 5.21. The summed E-state index contributed by atoms with van der Waals surface area (Å²) in [6.07, 6.45) is 1.89. The number of carbonyl (C=O) groups is 1. The summed E-state index contributed by atoms with van der Waals surface area (Å²) in [4.78, 5) is 18.7. The van der Waals surface area contributed by atoms with E-state index in [1.54, 1.807) is 6.07 Å². The molecule has 0 fully saturated rings. The lowest BCUT2D eigenvalue weighted by molar-refractivity contribution is -0.133. The zero-order valence-corrected chi connectivity index (χ0v) is 9.48. The molecule has 0 amide bonds. The predicted octanol–water partition coefficient (Wildman–Crippen LogP) is 1.68. The van der Waals surface area contributed by atoms with Crippen molar-refractivity contribution in [2.75, 3.05) is 12.0 Å². The van der Waals surface area contributed by atoms with E-state index in [0.717, 1.165) is 5.69 Å². The summed E-state index contributed by atoms with van der Waals surface area (Å²) in [5.41, 5.74) is 0.859. The number of carboxylic acid groups (broad SMARTS) is 1. The van der Waals surface area contributed by atoms with E-state index < -0.39 is 5.97 Å². The van der Waals surface area contributed by atoms with Crippen molar-refractivity contribution in [3.8, 4) is 0 Å². The number of hydrogen-bond acceptors (Lipinski definition) is 5. The molecule has 0 saturated carbocycles. The summed E-state index contributed by atoms with van der Waals surface area (Å²) in [6.45, 7) is 1.87. The van der Waals surface area contributed by atoms with E-state index in [-0.39, 0.29) is 5.75 Å². The van der Waals surface area contributed by atoms with Crippen molar-refractivity contribution < 1.29 is 9.90 Å². The van der Waals surface area contributed by atoms with Crippen LogP contribution in [0.25, 0.3) is 0 Å². The molecule has 0 saturated heterocycles. The molecule has 0 aliphatic rings. The standard InChI is InChI=1S/C8H10N2O2S2/c1-5-3-6(14-4-7(11)12)10-8(9-5)13-2/h3H,4H2,1-2H3,(H,11,12). The second-order valence-electron chi connectivity index (χ2n) is 2.52. The van der Waals surface area contributed by atoms with Crippen LogP contribution in [0.2, 0.25) is 0 Å². The van der Waals surface area contributed by atoms with Crippen LogP contribution in [0, 0.1) is 6.92 Å². The Kier molecular flexibility index (Phi) is 4.21.